The van der Waals surface area contributed by atoms with Gasteiger partial charge in [0, 0.05) is 18.7 Å². The number of halogens is 1. The van der Waals surface area contributed by atoms with Gasteiger partial charge in [-0.25, -0.2) is 9.97 Å². The van der Waals surface area contributed by atoms with Crippen LogP contribution in [0.15, 0.2) is 48.8 Å². The van der Waals surface area contributed by atoms with Crippen molar-refractivity contribution in [3.63, 3.8) is 0 Å². The largest absolute Gasteiger partial charge is 0.497 e. The molecule has 0 aliphatic rings. The number of aromatic nitrogens is 3. The second-order valence-corrected chi connectivity index (χ2v) is 7.51. The summed E-state index contributed by atoms with van der Waals surface area (Å²) in [7, 11) is 3.35. The monoisotopic (exact) mass is 477 g/mol. The number of methoxy groups -OCH3 is 1. The van der Waals surface area contributed by atoms with E-state index in [2.05, 4.69) is 48.1 Å². The van der Waals surface area contributed by atoms with E-state index in [4.69, 9.17) is 4.74 Å². The number of hydrogen-bond acceptors (Lipinski definition) is 8. The Morgan fingerprint density at radius 3 is 2.54 bits per heavy atom. The summed E-state index contributed by atoms with van der Waals surface area (Å²) in [6.07, 6.45) is 4.28. The quantitative estimate of drug-likeness (QED) is 0.200. The Kier molecular flexibility index (Phi) is 9.33. The van der Waals surface area contributed by atoms with Gasteiger partial charge in [0.25, 0.3) is 0 Å². The molecule has 0 aliphatic carbocycles. The molecule has 9 nitrogen and oxygen atoms in total. The third kappa shape index (κ3) is 7.94. The lowest BCUT2D eigenvalue weighted by molar-refractivity contribution is -0.122. The molecule has 2 heterocycles. The van der Waals surface area contributed by atoms with Gasteiger partial charge in [-0.15, -0.1) is 0 Å². The first kappa shape index (κ1) is 25.4. The highest BCUT2D eigenvalue weighted by molar-refractivity contribution is 5.81. The minimum Gasteiger partial charge on any atom is -0.497 e. The first-order valence-corrected chi connectivity index (χ1v) is 11.1. The normalized spacial score (nSPS) is 11.1. The van der Waals surface area contributed by atoms with Crippen LogP contribution in [0.4, 0.5) is 27.5 Å². The van der Waals surface area contributed by atoms with E-state index in [9.17, 15) is 9.18 Å². The number of nitrogens with one attached hydrogen (secondary N) is 4. The molecule has 0 saturated heterocycles. The maximum Gasteiger partial charge on any atom is 0.236 e. The number of carbonyl (C=O) groups is 1. The average molecular weight is 478 g/mol. The Balaban J connectivity index is 1.72. The first-order chi connectivity index (χ1) is 17.0. The van der Waals surface area contributed by atoms with Gasteiger partial charge in [0.15, 0.2) is 5.82 Å². The topological polar surface area (TPSA) is 113 Å². The molecule has 1 atom stereocenters. The van der Waals surface area contributed by atoms with E-state index in [0.717, 1.165) is 11.4 Å². The molecule has 0 aliphatic heterocycles. The van der Waals surface area contributed by atoms with E-state index < -0.39 is 5.95 Å². The Morgan fingerprint density at radius 1 is 1.09 bits per heavy atom. The van der Waals surface area contributed by atoms with Crippen molar-refractivity contribution < 1.29 is 13.9 Å². The van der Waals surface area contributed by atoms with Gasteiger partial charge in [-0.05, 0) is 56.8 Å². The van der Waals surface area contributed by atoms with Crippen molar-refractivity contribution in [3.8, 4) is 17.6 Å². The van der Waals surface area contributed by atoms with Crippen LogP contribution in [0.2, 0.25) is 0 Å². The van der Waals surface area contributed by atoms with Gasteiger partial charge in [0.1, 0.15) is 5.75 Å². The molecule has 1 aromatic carbocycles. The lowest BCUT2D eigenvalue weighted by Gasteiger charge is -2.11. The fraction of sp³-hybridized carbons (Fsp3) is 0.280. The van der Waals surface area contributed by atoms with E-state index in [-0.39, 0.29) is 11.9 Å². The summed E-state index contributed by atoms with van der Waals surface area (Å²) in [4.78, 5) is 24.3. The molecular formula is C25H28FN7O2. The van der Waals surface area contributed by atoms with E-state index in [1.54, 1.807) is 33.3 Å². The summed E-state index contributed by atoms with van der Waals surface area (Å²) < 4.78 is 18.3. The van der Waals surface area contributed by atoms with Crippen LogP contribution in [0, 0.1) is 17.8 Å². The number of nitrogens with zero attached hydrogens (tertiary/aromatic N) is 3. The highest BCUT2D eigenvalue weighted by atomic mass is 19.1. The number of pyridine rings is 1. The van der Waals surface area contributed by atoms with Crippen LogP contribution in [0.3, 0.4) is 0 Å². The number of unbranched alkanes of at least 4 members (excludes halogenated alkanes) is 1. The van der Waals surface area contributed by atoms with Gasteiger partial charge in [-0.3, -0.25) is 4.79 Å². The lowest BCUT2D eigenvalue weighted by Crippen LogP contribution is -2.40. The van der Waals surface area contributed by atoms with Gasteiger partial charge >= 0.3 is 0 Å². The molecule has 0 fully saturated rings. The minimum atomic E-state index is -0.569. The van der Waals surface area contributed by atoms with Crippen LogP contribution >= 0.6 is 0 Å². The molecule has 35 heavy (non-hydrogen) atoms. The van der Waals surface area contributed by atoms with Crippen LogP contribution in [-0.2, 0) is 4.79 Å². The highest BCUT2D eigenvalue weighted by Gasteiger charge is 2.09. The van der Waals surface area contributed by atoms with Crippen LogP contribution in [0.1, 0.15) is 25.3 Å². The van der Waals surface area contributed by atoms with Gasteiger partial charge in [-0.1, -0.05) is 11.8 Å². The van der Waals surface area contributed by atoms with Crippen molar-refractivity contribution in [1.29, 1.82) is 0 Å². The average Bonchev–Trinajstić information content (AvgIpc) is 2.88. The second kappa shape index (κ2) is 12.9. The molecule has 2 aromatic heterocycles. The minimum absolute atomic E-state index is 0.0423. The molecule has 0 unspecified atom stereocenters. The third-order valence-corrected chi connectivity index (χ3v) is 4.95. The number of hydrogen-bond donors (Lipinski definition) is 4. The summed E-state index contributed by atoms with van der Waals surface area (Å²) >= 11 is 0. The predicted octanol–water partition coefficient (Wildman–Crippen LogP) is 3.36. The molecule has 3 rings (SSSR count). The number of anilines is 4. The van der Waals surface area contributed by atoms with Crippen LogP contribution in [0.5, 0.6) is 5.75 Å². The number of carbonyl (C=O) groups excluding carboxylic acids is 1. The number of likely N-dealkylation sites (N-methyl/N-ethyl adjacent to an activating group) is 1. The number of amides is 1. The molecule has 0 saturated carbocycles. The molecule has 0 bridgehead atoms. The van der Waals surface area contributed by atoms with Crippen molar-refractivity contribution in [3.05, 3.63) is 60.3 Å². The van der Waals surface area contributed by atoms with Crippen LogP contribution in [0.25, 0.3) is 0 Å². The molecule has 1 amide bonds. The van der Waals surface area contributed by atoms with Gasteiger partial charge < -0.3 is 26.0 Å². The fourth-order valence-corrected chi connectivity index (χ4v) is 2.85. The van der Waals surface area contributed by atoms with E-state index in [1.807, 2.05) is 24.3 Å². The van der Waals surface area contributed by atoms with Crippen molar-refractivity contribution in [1.82, 2.24) is 25.6 Å². The van der Waals surface area contributed by atoms with E-state index in [1.165, 1.54) is 12.3 Å². The van der Waals surface area contributed by atoms with Crippen molar-refractivity contribution in [2.75, 3.05) is 31.3 Å². The number of rotatable bonds is 10. The Bertz CT molecular complexity index is 1180. The van der Waals surface area contributed by atoms with Crippen molar-refractivity contribution in [2.24, 2.45) is 0 Å². The molecule has 0 spiro atoms. The summed E-state index contributed by atoms with van der Waals surface area (Å²) in [5.74, 6) is 7.15. The predicted molar refractivity (Wildman–Crippen MR) is 133 cm³/mol. The zero-order valence-electron chi connectivity index (χ0n) is 19.9. The molecule has 182 valence electrons. The van der Waals surface area contributed by atoms with Crippen molar-refractivity contribution in [2.45, 2.75) is 25.8 Å². The number of benzene rings is 1. The molecule has 4 N–H and O–H groups in total. The number of ether oxygens (including phenoxy) is 1. The van der Waals surface area contributed by atoms with Gasteiger partial charge in [-0.2, -0.15) is 9.37 Å². The van der Waals surface area contributed by atoms with Crippen LogP contribution < -0.4 is 26.0 Å². The standard InChI is InChI=1S/C25H28FN7O2/c1-17(27-2)24(34)28-14-6-4-5-7-18-15-30-25(32-20-10-13-22(26)29-16-20)33-23(18)31-19-8-11-21(35-3)12-9-19/h8-13,15-17,27H,4,6,14H2,1-3H3,(H,28,34)(H2,30,31,32,33)/t17-/m0/s1. The summed E-state index contributed by atoms with van der Waals surface area (Å²) in [6.45, 7) is 2.35. The van der Waals surface area contributed by atoms with E-state index in [0.29, 0.717) is 42.4 Å². The summed E-state index contributed by atoms with van der Waals surface area (Å²) in [6, 6.07) is 9.96. The highest BCUT2D eigenvalue weighted by Crippen LogP contribution is 2.23. The Hall–Kier alpha value is -4.23. The van der Waals surface area contributed by atoms with E-state index >= 15 is 0 Å². The third-order valence-electron chi connectivity index (χ3n) is 4.95. The fourth-order valence-electron chi connectivity index (χ4n) is 2.85. The zero-order chi connectivity index (χ0) is 25.0. The molecule has 3 aromatic rings. The smallest absolute Gasteiger partial charge is 0.236 e. The molecular weight excluding hydrogens is 449 g/mol. The SMILES string of the molecule is CN[C@@H](C)C(=O)NCCCC#Cc1cnc(Nc2ccc(F)nc2)nc1Nc1ccc(OC)cc1. The first-order valence-electron chi connectivity index (χ1n) is 11.1. The van der Waals surface area contributed by atoms with Crippen LogP contribution in [-0.4, -0.2) is 47.6 Å². The maximum absolute atomic E-state index is 13.1. The lowest BCUT2D eigenvalue weighted by atomic mass is 10.2. The molecule has 10 heteroatoms. The molecule has 0 radical (unpaired) electrons. The van der Waals surface area contributed by atoms with Gasteiger partial charge in [0.05, 0.1) is 36.8 Å². The summed E-state index contributed by atoms with van der Waals surface area (Å²) in [5, 5.41) is 12.0. The van der Waals surface area contributed by atoms with Crippen molar-refractivity contribution >= 4 is 29.0 Å². The zero-order valence-corrected chi connectivity index (χ0v) is 19.9. The Morgan fingerprint density at radius 2 is 1.86 bits per heavy atom. The van der Waals surface area contributed by atoms with Gasteiger partial charge in [0.2, 0.25) is 17.8 Å². The maximum atomic E-state index is 13.1. The Labute approximate surface area is 203 Å². The summed E-state index contributed by atoms with van der Waals surface area (Å²) in [5.41, 5.74) is 1.95. The second-order valence-electron chi connectivity index (χ2n) is 7.51.